The monoisotopic (exact) mass is 485 g/mol. The first-order valence-electron chi connectivity index (χ1n) is 12.3. The second-order valence-electron chi connectivity index (χ2n) is 9.70. The van der Waals surface area contributed by atoms with Crippen molar-refractivity contribution in [3.8, 4) is 22.9 Å². The van der Waals surface area contributed by atoms with Gasteiger partial charge in [0.05, 0.1) is 31.5 Å². The molecule has 0 atom stereocenters. The molecule has 6 rings (SSSR count). The smallest absolute Gasteiger partial charge is 0.249 e. The number of aromatic nitrogens is 4. The molecule has 3 aliphatic rings. The Morgan fingerprint density at radius 1 is 1.08 bits per heavy atom. The number of likely N-dealkylation sites (tertiary alicyclic amines) is 2. The second-order valence-corrected chi connectivity index (χ2v) is 9.70. The Bertz CT molecular complexity index is 1410. The van der Waals surface area contributed by atoms with Gasteiger partial charge in [0.2, 0.25) is 11.8 Å². The fourth-order valence-corrected chi connectivity index (χ4v) is 5.26. The van der Waals surface area contributed by atoms with Gasteiger partial charge < -0.3 is 14.5 Å². The largest absolute Gasteiger partial charge is 0.494 e. The maximum Gasteiger partial charge on any atom is 0.249 e. The van der Waals surface area contributed by atoms with E-state index in [9.17, 15) is 14.9 Å². The van der Waals surface area contributed by atoms with E-state index in [1.54, 1.807) is 16.5 Å². The number of carbonyl (C=O) groups is 2. The van der Waals surface area contributed by atoms with Crippen LogP contribution in [-0.2, 0) is 9.59 Å². The highest BCUT2D eigenvalue weighted by Gasteiger charge is 2.40. The van der Waals surface area contributed by atoms with Gasteiger partial charge in [0.1, 0.15) is 22.9 Å². The van der Waals surface area contributed by atoms with Gasteiger partial charge in [-0.3, -0.25) is 14.3 Å². The second kappa shape index (κ2) is 8.82. The molecule has 0 radical (unpaired) electrons. The minimum Gasteiger partial charge on any atom is -0.494 e. The van der Waals surface area contributed by atoms with E-state index in [0.29, 0.717) is 43.0 Å². The van der Waals surface area contributed by atoms with E-state index in [-0.39, 0.29) is 23.8 Å². The predicted octanol–water partition coefficient (Wildman–Crippen LogP) is 2.42. The molecule has 5 heterocycles. The number of methoxy groups -OCH3 is 1. The van der Waals surface area contributed by atoms with Crippen molar-refractivity contribution in [3.63, 3.8) is 0 Å². The number of carbonyl (C=O) groups excluding carboxylic acids is 2. The molecule has 0 aromatic carbocycles. The molecule has 3 aromatic rings. The molecule has 2 aliphatic heterocycles. The minimum absolute atomic E-state index is 0.0729. The van der Waals surface area contributed by atoms with E-state index < -0.39 is 0 Å². The normalized spacial score (nSPS) is 18.4. The fraction of sp³-hybridized carbons (Fsp3) is 0.423. The van der Waals surface area contributed by atoms with Crippen molar-refractivity contribution in [1.29, 1.82) is 5.26 Å². The predicted molar refractivity (Wildman–Crippen MR) is 130 cm³/mol. The minimum atomic E-state index is -0.0729. The van der Waals surface area contributed by atoms with Crippen LogP contribution in [0.25, 0.3) is 16.6 Å². The van der Waals surface area contributed by atoms with Gasteiger partial charge in [-0.15, -0.1) is 0 Å². The lowest BCUT2D eigenvalue weighted by molar-refractivity contribution is -0.147. The van der Waals surface area contributed by atoms with E-state index in [1.165, 1.54) is 6.20 Å². The van der Waals surface area contributed by atoms with Gasteiger partial charge in [-0.05, 0) is 31.7 Å². The summed E-state index contributed by atoms with van der Waals surface area (Å²) in [5.74, 6) is 0.781. The average molecular weight is 486 g/mol. The van der Waals surface area contributed by atoms with Gasteiger partial charge in [-0.1, -0.05) is 6.08 Å². The third-order valence-corrected chi connectivity index (χ3v) is 7.60. The van der Waals surface area contributed by atoms with Crippen LogP contribution in [0.1, 0.15) is 37.3 Å². The molecule has 1 aliphatic carbocycles. The van der Waals surface area contributed by atoms with E-state index in [2.05, 4.69) is 16.3 Å². The number of allylic oxidation sites excluding steroid dienone is 1. The average Bonchev–Trinajstić information content (AvgIpc) is 3.49. The number of pyridine rings is 1. The Hall–Kier alpha value is -4.13. The first-order valence-corrected chi connectivity index (χ1v) is 12.3. The van der Waals surface area contributed by atoms with Crippen LogP contribution >= 0.6 is 0 Å². The van der Waals surface area contributed by atoms with Crippen molar-refractivity contribution in [1.82, 2.24) is 29.2 Å². The summed E-state index contributed by atoms with van der Waals surface area (Å²) in [7, 11) is 1.58. The highest BCUT2D eigenvalue weighted by Crippen LogP contribution is 2.32. The highest BCUT2D eigenvalue weighted by molar-refractivity contribution is 5.96. The zero-order valence-electron chi connectivity index (χ0n) is 20.1. The number of ether oxygens (including phenoxy) is 1. The first-order chi connectivity index (χ1) is 17.6. The van der Waals surface area contributed by atoms with Gasteiger partial charge in [0.15, 0.2) is 0 Å². The molecule has 0 unspecified atom stereocenters. The van der Waals surface area contributed by atoms with Crippen molar-refractivity contribution in [2.45, 2.75) is 31.7 Å². The van der Waals surface area contributed by atoms with Crippen molar-refractivity contribution in [2.24, 2.45) is 5.92 Å². The van der Waals surface area contributed by atoms with Crippen molar-refractivity contribution in [3.05, 3.63) is 48.1 Å². The third-order valence-electron chi connectivity index (χ3n) is 7.60. The number of nitrogens with zero attached hydrogens (tertiary/aromatic N) is 7. The number of amides is 2. The summed E-state index contributed by atoms with van der Waals surface area (Å²) in [5.41, 5.74) is 3.84. The highest BCUT2D eigenvalue weighted by atomic mass is 16.5. The summed E-state index contributed by atoms with van der Waals surface area (Å²) in [6.45, 7) is 2.46. The molecular weight excluding hydrogens is 458 g/mol. The summed E-state index contributed by atoms with van der Waals surface area (Å²) in [4.78, 5) is 28.9. The Morgan fingerprint density at radius 3 is 2.53 bits per heavy atom. The molecule has 0 spiro atoms. The molecule has 0 saturated carbocycles. The van der Waals surface area contributed by atoms with Crippen LogP contribution in [-0.4, -0.2) is 74.3 Å². The van der Waals surface area contributed by atoms with Crippen LogP contribution in [0.2, 0.25) is 0 Å². The lowest BCUT2D eigenvalue weighted by Crippen LogP contribution is -2.57. The Kier molecular flexibility index (Phi) is 5.48. The number of hydrogen-bond acceptors (Lipinski definition) is 6. The molecule has 0 bridgehead atoms. The van der Waals surface area contributed by atoms with Gasteiger partial charge >= 0.3 is 0 Å². The van der Waals surface area contributed by atoms with Gasteiger partial charge in [-0.25, -0.2) is 4.52 Å². The number of fused-ring (bicyclic) bond motifs is 1. The van der Waals surface area contributed by atoms with Crippen molar-refractivity contribution < 1.29 is 14.3 Å². The molecule has 184 valence electrons. The summed E-state index contributed by atoms with van der Waals surface area (Å²) >= 11 is 0. The summed E-state index contributed by atoms with van der Waals surface area (Å²) in [6, 6.07) is 4.26. The molecule has 2 fully saturated rings. The van der Waals surface area contributed by atoms with Gasteiger partial charge in [0.25, 0.3) is 0 Å². The number of nitriles is 1. The molecule has 10 heteroatoms. The molecule has 36 heavy (non-hydrogen) atoms. The summed E-state index contributed by atoms with van der Waals surface area (Å²) in [5, 5.41) is 18.2. The Balaban J connectivity index is 1.08. The van der Waals surface area contributed by atoms with E-state index in [1.807, 2.05) is 40.3 Å². The lowest BCUT2D eigenvalue weighted by atomic mass is 9.92. The molecule has 2 amide bonds. The molecule has 3 aromatic heterocycles. The maximum atomic E-state index is 12.9. The van der Waals surface area contributed by atoms with Crippen LogP contribution in [0, 0.1) is 17.2 Å². The quantitative estimate of drug-likeness (QED) is 0.549. The zero-order valence-corrected chi connectivity index (χ0v) is 20.1. The number of piperidine rings is 1. The van der Waals surface area contributed by atoms with Crippen LogP contribution in [0.4, 0.5) is 0 Å². The standard InChI is InChI=1S/C26H27N7O3/c1-36-23-9-18(15-33-24(23)19(10-27)11-29-33)20-12-28-32(16-20)22-5-7-30(8-6-22)26(35)21-13-31(14-21)25(34)17-3-2-4-17/h3,9,11-12,15-16,21-22H,2,4-8,13-14H2,1H3. The summed E-state index contributed by atoms with van der Waals surface area (Å²) < 4.78 is 9.16. The molecule has 10 nitrogen and oxygen atoms in total. The van der Waals surface area contributed by atoms with Gasteiger partial charge in [-0.2, -0.15) is 15.5 Å². The van der Waals surface area contributed by atoms with Crippen molar-refractivity contribution in [2.75, 3.05) is 33.3 Å². The van der Waals surface area contributed by atoms with Crippen LogP contribution in [0.5, 0.6) is 5.75 Å². The third kappa shape index (κ3) is 3.71. The molecule has 2 saturated heterocycles. The van der Waals surface area contributed by atoms with Crippen LogP contribution in [0.3, 0.4) is 0 Å². The Morgan fingerprint density at radius 2 is 1.86 bits per heavy atom. The number of rotatable bonds is 5. The van der Waals surface area contributed by atoms with E-state index in [0.717, 1.165) is 42.4 Å². The first kappa shape index (κ1) is 22.3. The van der Waals surface area contributed by atoms with Crippen LogP contribution < -0.4 is 4.74 Å². The van der Waals surface area contributed by atoms with Crippen LogP contribution in [0.15, 0.2) is 42.5 Å². The molecule has 0 N–H and O–H groups in total. The van der Waals surface area contributed by atoms with E-state index >= 15 is 0 Å². The Labute approximate surface area is 208 Å². The van der Waals surface area contributed by atoms with Gasteiger partial charge in [0, 0.05) is 55.3 Å². The topological polar surface area (TPSA) is 109 Å². The maximum absolute atomic E-state index is 12.9. The fourth-order valence-electron chi connectivity index (χ4n) is 5.26. The SMILES string of the molecule is COc1cc(-c2cnn(C3CCN(C(=O)C4CN(C(=O)C5=CCC5)C4)CC3)c2)cn2ncc(C#N)c12. The summed E-state index contributed by atoms with van der Waals surface area (Å²) in [6.07, 6.45) is 12.8. The van der Waals surface area contributed by atoms with Crippen molar-refractivity contribution >= 4 is 17.3 Å². The number of hydrogen-bond donors (Lipinski definition) is 0. The lowest BCUT2D eigenvalue weighted by Gasteiger charge is -2.43. The molecular formula is C26H27N7O3. The zero-order chi connectivity index (χ0) is 24.8. The van der Waals surface area contributed by atoms with E-state index in [4.69, 9.17) is 4.74 Å².